The van der Waals surface area contributed by atoms with E-state index in [4.69, 9.17) is 0 Å². The summed E-state index contributed by atoms with van der Waals surface area (Å²) in [5, 5.41) is 9.43. The van der Waals surface area contributed by atoms with Crippen LogP contribution in [0, 0.1) is 11.8 Å². The van der Waals surface area contributed by atoms with Gasteiger partial charge >= 0.3 is 0 Å². The lowest BCUT2D eigenvalue weighted by Gasteiger charge is -2.13. The summed E-state index contributed by atoms with van der Waals surface area (Å²) in [5.41, 5.74) is 0. The maximum atomic E-state index is 11.5. The first-order valence-electron chi connectivity index (χ1n) is 9.43. The number of rotatable bonds is 10. The molecule has 0 aliphatic heterocycles. The van der Waals surface area contributed by atoms with Crippen LogP contribution in [0.3, 0.4) is 0 Å². The van der Waals surface area contributed by atoms with E-state index in [9.17, 15) is 4.79 Å². The van der Waals surface area contributed by atoms with Gasteiger partial charge in [0.05, 0.1) is 0 Å². The largest absolute Gasteiger partial charge is 0.357 e. The van der Waals surface area contributed by atoms with E-state index in [2.05, 4.69) is 27.9 Å². The maximum absolute atomic E-state index is 11.5. The van der Waals surface area contributed by atoms with Crippen molar-refractivity contribution in [1.29, 1.82) is 0 Å². The molecule has 1 aliphatic carbocycles. The van der Waals surface area contributed by atoms with Crippen LogP contribution in [0.4, 0.5) is 0 Å². The van der Waals surface area contributed by atoms with Gasteiger partial charge in [0.15, 0.2) is 5.96 Å². The monoisotopic (exact) mass is 452 g/mol. The zero-order chi connectivity index (χ0) is 16.9. The molecule has 0 heterocycles. The van der Waals surface area contributed by atoms with Crippen LogP contribution in [0.1, 0.15) is 65.7 Å². The molecule has 0 saturated heterocycles. The van der Waals surface area contributed by atoms with E-state index >= 15 is 0 Å². The highest BCUT2D eigenvalue weighted by molar-refractivity contribution is 14.0. The molecule has 0 aromatic heterocycles. The minimum absolute atomic E-state index is 0. The summed E-state index contributed by atoms with van der Waals surface area (Å²) >= 11 is 0. The van der Waals surface area contributed by atoms with Gasteiger partial charge in [-0.2, -0.15) is 0 Å². The predicted octanol–water partition coefficient (Wildman–Crippen LogP) is 3.29. The second-order valence-corrected chi connectivity index (χ2v) is 6.78. The van der Waals surface area contributed by atoms with Crippen molar-refractivity contribution in [3.8, 4) is 0 Å². The molecule has 5 nitrogen and oxygen atoms in total. The van der Waals surface area contributed by atoms with Gasteiger partial charge in [0.2, 0.25) is 5.91 Å². The first kappa shape index (κ1) is 23.5. The number of nitrogens with one attached hydrogen (secondary N) is 3. The molecule has 1 fully saturated rings. The number of carbonyl (C=O) groups excluding carboxylic acids is 1. The van der Waals surface area contributed by atoms with Crippen molar-refractivity contribution < 1.29 is 4.79 Å². The zero-order valence-corrected chi connectivity index (χ0v) is 18.0. The zero-order valence-electron chi connectivity index (χ0n) is 15.7. The van der Waals surface area contributed by atoms with Gasteiger partial charge in [0, 0.05) is 32.1 Å². The fourth-order valence-corrected chi connectivity index (χ4v) is 2.95. The van der Waals surface area contributed by atoms with Crippen molar-refractivity contribution in [1.82, 2.24) is 16.0 Å². The van der Waals surface area contributed by atoms with Crippen LogP contribution in [-0.4, -0.2) is 38.0 Å². The summed E-state index contributed by atoms with van der Waals surface area (Å²) in [6.45, 7) is 8.93. The molecule has 142 valence electrons. The molecule has 6 heteroatoms. The summed E-state index contributed by atoms with van der Waals surface area (Å²) in [4.78, 5) is 16.1. The number of aliphatic imine (C=N–C) groups is 1. The second kappa shape index (κ2) is 14.8. The Kier molecular flexibility index (Phi) is 14.5. The SMILES string of the molecule is CCNC(=NCCCCC1CCCC1)NCCNC(=O)C(C)C.I. The van der Waals surface area contributed by atoms with E-state index in [-0.39, 0.29) is 35.8 Å². The van der Waals surface area contributed by atoms with Gasteiger partial charge in [-0.3, -0.25) is 9.79 Å². The van der Waals surface area contributed by atoms with Crippen LogP contribution in [0.15, 0.2) is 4.99 Å². The van der Waals surface area contributed by atoms with Gasteiger partial charge in [-0.1, -0.05) is 52.4 Å². The smallest absolute Gasteiger partial charge is 0.222 e. The van der Waals surface area contributed by atoms with Gasteiger partial charge in [0.1, 0.15) is 0 Å². The van der Waals surface area contributed by atoms with Crippen LogP contribution in [0.2, 0.25) is 0 Å². The van der Waals surface area contributed by atoms with Crippen molar-refractivity contribution in [3.63, 3.8) is 0 Å². The maximum Gasteiger partial charge on any atom is 0.222 e. The summed E-state index contributed by atoms with van der Waals surface area (Å²) in [7, 11) is 0. The van der Waals surface area contributed by atoms with Crippen LogP contribution in [0.25, 0.3) is 0 Å². The van der Waals surface area contributed by atoms with Gasteiger partial charge in [-0.05, 0) is 19.3 Å². The normalized spacial score (nSPS) is 15.2. The summed E-state index contributed by atoms with van der Waals surface area (Å²) < 4.78 is 0. The number of halogens is 1. The quantitative estimate of drug-likeness (QED) is 0.206. The molecular weight excluding hydrogens is 415 g/mol. The number of hydrogen-bond acceptors (Lipinski definition) is 2. The van der Waals surface area contributed by atoms with Gasteiger partial charge in [-0.15, -0.1) is 24.0 Å². The highest BCUT2D eigenvalue weighted by atomic mass is 127. The van der Waals surface area contributed by atoms with Gasteiger partial charge in [-0.25, -0.2) is 0 Å². The molecule has 0 spiro atoms. The molecular formula is C18H37IN4O. The molecule has 0 bridgehead atoms. The van der Waals surface area contributed by atoms with Gasteiger partial charge in [0.25, 0.3) is 0 Å². The molecule has 1 amide bonds. The van der Waals surface area contributed by atoms with Crippen molar-refractivity contribution in [2.75, 3.05) is 26.2 Å². The molecule has 1 saturated carbocycles. The molecule has 0 aromatic rings. The molecule has 0 radical (unpaired) electrons. The number of amides is 1. The Balaban J connectivity index is 0.00000529. The Hall–Kier alpha value is -0.530. The van der Waals surface area contributed by atoms with Crippen molar-refractivity contribution in [2.24, 2.45) is 16.8 Å². The molecule has 3 N–H and O–H groups in total. The van der Waals surface area contributed by atoms with Crippen LogP contribution >= 0.6 is 24.0 Å². The van der Waals surface area contributed by atoms with E-state index in [1.807, 2.05) is 13.8 Å². The third-order valence-electron chi connectivity index (χ3n) is 4.35. The predicted molar refractivity (Wildman–Crippen MR) is 113 cm³/mol. The third kappa shape index (κ3) is 11.1. The Bertz CT molecular complexity index is 355. The standard InChI is InChI=1S/C18H36N4O.HI/c1-4-19-18(22-14-13-20-17(23)15(2)3)21-12-8-7-11-16-9-5-6-10-16;/h15-16H,4-14H2,1-3H3,(H,20,23)(H2,19,21,22);1H. The molecule has 1 aliphatic rings. The van der Waals surface area contributed by atoms with E-state index in [0.717, 1.165) is 31.4 Å². The molecule has 0 unspecified atom stereocenters. The number of guanidine groups is 1. The highest BCUT2D eigenvalue weighted by Gasteiger charge is 2.13. The minimum atomic E-state index is 0. The van der Waals surface area contributed by atoms with Crippen molar-refractivity contribution in [2.45, 2.75) is 65.7 Å². The Morgan fingerprint density at radius 3 is 2.38 bits per heavy atom. The average Bonchev–Trinajstić information content (AvgIpc) is 3.03. The van der Waals surface area contributed by atoms with E-state index in [1.54, 1.807) is 0 Å². The summed E-state index contributed by atoms with van der Waals surface area (Å²) in [5.74, 6) is 1.97. The Morgan fingerprint density at radius 2 is 1.75 bits per heavy atom. The van der Waals surface area contributed by atoms with Crippen LogP contribution in [-0.2, 0) is 4.79 Å². The molecule has 24 heavy (non-hydrogen) atoms. The van der Waals surface area contributed by atoms with Crippen molar-refractivity contribution in [3.05, 3.63) is 0 Å². The van der Waals surface area contributed by atoms with E-state index < -0.39 is 0 Å². The molecule has 0 aromatic carbocycles. The molecule has 0 atom stereocenters. The number of carbonyl (C=O) groups is 1. The summed E-state index contributed by atoms with van der Waals surface area (Å²) in [6.07, 6.45) is 9.58. The molecule has 1 rings (SSSR count). The minimum Gasteiger partial charge on any atom is -0.357 e. The second-order valence-electron chi connectivity index (χ2n) is 6.78. The highest BCUT2D eigenvalue weighted by Crippen LogP contribution is 2.28. The first-order chi connectivity index (χ1) is 11.1. The van der Waals surface area contributed by atoms with Crippen LogP contribution in [0.5, 0.6) is 0 Å². The number of hydrogen-bond donors (Lipinski definition) is 3. The average molecular weight is 452 g/mol. The summed E-state index contributed by atoms with van der Waals surface area (Å²) in [6, 6.07) is 0. The fourth-order valence-electron chi connectivity index (χ4n) is 2.95. The Morgan fingerprint density at radius 1 is 1.08 bits per heavy atom. The number of unbranched alkanes of at least 4 members (excludes halogenated alkanes) is 1. The first-order valence-corrected chi connectivity index (χ1v) is 9.43. The lowest BCUT2D eigenvalue weighted by molar-refractivity contribution is -0.123. The van der Waals surface area contributed by atoms with E-state index in [1.165, 1.54) is 38.5 Å². The van der Waals surface area contributed by atoms with Gasteiger partial charge < -0.3 is 16.0 Å². The fraction of sp³-hybridized carbons (Fsp3) is 0.889. The number of nitrogens with zero attached hydrogens (tertiary/aromatic N) is 1. The van der Waals surface area contributed by atoms with Crippen LogP contribution < -0.4 is 16.0 Å². The third-order valence-corrected chi connectivity index (χ3v) is 4.35. The van der Waals surface area contributed by atoms with Crippen molar-refractivity contribution >= 4 is 35.8 Å². The topological polar surface area (TPSA) is 65.5 Å². The lowest BCUT2D eigenvalue weighted by atomic mass is 10.0. The Labute approximate surface area is 165 Å². The van der Waals surface area contributed by atoms with E-state index in [0.29, 0.717) is 13.1 Å². The lowest BCUT2D eigenvalue weighted by Crippen LogP contribution is -2.42.